The van der Waals surface area contributed by atoms with Crippen LogP contribution in [0, 0.1) is 5.82 Å². The molecule has 0 N–H and O–H groups in total. The molecule has 1 aliphatic rings. The third-order valence-electron chi connectivity index (χ3n) is 3.81. The van der Waals surface area contributed by atoms with E-state index in [1.807, 2.05) is 7.05 Å². The molecule has 2 unspecified atom stereocenters. The van der Waals surface area contributed by atoms with Crippen LogP contribution in [-0.2, 0) is 11.2 Å². The van der Waals surface area contributed by atoms with E-state index in [1.54, 1.807) is 17.0 Å². The zero-order valence-corrected chi connectivity index (χ0v) is 11.9. The molecule has 1 fully saturated rings. The molecule has 2 atom stereocenters. The van der Waals surface area contributed by atoms with E-state index in [-0.39, 0.29) is 23.1 Å². The highest BCUT2D eigenvalue weighted by Gasteiger charge is 2.29. The fourth-order valence-corrected chi connectivity index (χ4v) is 3.04. The number of rotatable bonds is 3. The Hall–Kier alpha value is -1.09. The van der Waals surface area contributed by atoms with Crippen LogP contribution in [0.5, 0.6) is 0 Å². The van der Waals surface area contributed by atoms with Crippen molar-refractivity contribution < 1.29 is 9.18 Å². The number of nitrogens with zero attached hydrogens (tertiary/aromatic N) is 1. The summed E-state index contributed by atoms with van der Waals surface area (Å²) in [5.41, 5.74) is 0.834. The van der Waals surface area contributed by atoms with Gasteiger partial charge in [-0.1, -0.05) is 25.0 Å². The Morgan fingerprint density at radius 1 is 1.32 bits per heavy atom. The van der Waals surface area contributed by atoms with Crippen LogP contribution in [0.25, 0.3) is 0 Å². The van der Waals surface area contributed by atoms with Gasteiger partial charge in [0.15, 0.2) is 0 Å². The van der Waals surface area contributed by atoms with Gasteiger partial charge >= 0.3 is 0 Å². The van der Waals surface area contributed by atoms with Gasteiger partial charge in [0.2, 0.25) is 5.91 Å². The van der Waals surface area contributed by atoms with Crippen molar-refractivity contribution in [2.24, 2.45) is 0 Å². The Morgan fingerprint density at radius 3 is 2.58 bits per heavy atom. The van der Waals surface area contributed by atoms with Gasteiger partial charge < -0.3 is 4.90 Å². The summed E-state index contributed by atoms with van der Waals surface area (Å²) in [6, 6.07) is 6.20. The van der Waals surface area contributed by atoms with Crippen LogP contribution in [0.3, 0.4) is 0 Å². The van der Waals surface area contributed by atoms with E-state index in [1.165, 1.54) is 12.1 Å². The summed E-state index contributed by atoms with van der Waals surface area (Å²) in [5, 5.41) is 0.0518. The molecular formula is C15H19ClFNO. The van der Waals surface area contributed by atoms with Gasteiger partial charge in [0.25, 0.3) is 0 Å². The van der Waals surface area contributed by atoms with Crippen LogP contribution >= 0.6 is 11.6 Å². The zero-order chi connectivity index (χ0) is 13.8. The number of halogens is 2. The summed E-state index contributed by atoms with van der Waals surface area (Å²) in [5.74, 6) is -0.234. The quantitative estimate of drug-likeness (QED) is 0.779. The normalized spacial score (nSPS) is 23.1. The predicted molar refractivity (Wildman–Crippen MR) is 74.8 cm³/mol. The van der Waals surface area contributed by atoms with Crippen LogP contribution in [0.1, 0.15) is 31.2 Å². The largest absolute Gasteiger partial charge is 0.341 e. The summed E-state index contributed by atoms with van der Waals surface area (Å²) in [6.45, 7) is 0. The SMILES string of the molecule is CN(C(=O)Cc1ccc(F)cc1)C1CCCCC1Cl. The van der Waals surface area contributed by atoms with Crippen molar-refractivity contribution >= 4 is 17.5 Å². The second kappa shape index (κ2) is 6.38. The molecule has 1 aromatic rings. The van der Waals surface area contributed by atoms with E-state index in [2.05, 4.69) is 0 Å². The molecule has 0 spiro atoms. The average Bonchev–Trinajstić information content (AvgIpc) is 2.41. The minimum absolute atomic E-state index is 0.0455. The Labute approximate surface area is 118 Å². The van der Waals surface area contributed by atoms with Gasteiger partial charge in [0.05, 0.1) is 11.8 Å². The number of carbonyl (C=O) groups is 1. The summed E-state index contributed by atoms with van der Waals surface area (Å²) in [7, 11) is 1.82. The molecular weight excluding hydrogens is 265 g/mol. The zero-order valence-electron chi connectivity index (χ0n) is 11.1. The number of likely N-dealkylation sites (N-methyl/N-ethyl adjacent to an activating group) is 1. The molecule has 0 radical (unpaired) electrons. The molecule has 19 heavy (non-hydrogen) atoms. The van der Waals surface area contributed by atoms with Crippen LogP contribution in [-0.4, -0.2) is 29.3 Å². The first-order valence-electron chi connectivity index (χ1n) is 6.72. The van der Waals surface area contributed by atoms with Crippen LogP contribution in [0.4, 0.5) is 4.39 Å². The van der Waals surface area contributed by atoms with Gasteiger partial charge in [-0.2, -0.15) is 0 Å². The number of hydrogen-bond donors (Lipinski definition) is 0. The highest BCUT2D eigenvalue weighted by molar-refractivity contribution is 6.21. The van der Waals surface area contributed by atoms with Crippen LogP contribution in [0.2, 0.25) is 0 Å². The third kappa shape index (κ3) is 3.69. The van der Waals surface area contributed by atoms with E-state index < -0.39 is 0 Å². The van der Waals surface area contributed by atoms with E-state index >= 15 is 0 Å². The molecule has 0 aliphatic heterocycles. The first-order valence-corrected chi connectivity index (χ1v) is 7.16. The van der Waals surface area contributed by atoms with Crippen molar-refractivity contribution in [3.63, 3.8) is 0 Å². The molecule has 0 heterocycles. The average molecular weight is 284 g/mol. The van der Waals surface area contributed by atoms with E-state index in [9.17, 15) is 9.18 Å². The van der Waals surface area contributed by atoms with Gasteiger partial charge in [-0.25, -0.2) is 4.39 Å². The van der Waals surface area contributed by atoms with Crippen molar-refractivity contribution in [1.82, 2.24) is 4.90 Å². The first kappa shape index (κ1) is 14.3. The molecule has 0 saturated heterocycles. The Balaban J connectivity index is 1.96. The summed E-state index contributed by atoms with van der Waals surface area (Å²) in [4.78, 5) is 14.0. The van der Waals surface area contributed by atoms with Crippen molar-refractivity contribution in [2.75, 3.05) is 7.05 Å². The second-order valence-electron chi connectivity index (χ2n) is 5.18. The fourth-order valence-electron chi connectivity index (χ4n) is 2.59. The maximum atomic E-state index is 12.8. The monoisotopic (exact) mass is 283 g/mol. The van der Waals surface area contributed by atoms with Gasteiger partial charge in [-0.3, -0.25) is 4.79 Å². The summed E-state index contributed by atoms with van der Waals surface area (Å²) < 4.78 is 12.8. The van der Waals surface area contributed by atoms with E-state index in [0.717, 1.165) is 31.2 Å². The lowest BCUT2D eigenvalue weighted by Crippen LogP contribution is -2.44. The highest BCUT2D eigenvalue weighted by Crippen LogP contribution is 2.26. The topological polar surface area (TPSA) is 20.3 Å². The molecule has 1 saturated carbocycles. The summed E-state index contributed by atoms with van der Waals surface area (Å²) in [6.07, 6.45) is 4.52. The number of hydrogen-bond acceptors (Lipinski definition) is 1. The molecule has 0 aromatic heterocycles. The second-order valence-corrected chi connectivity index (χ2v) is 5.74. The maximum absolute atomic E-state index is 12.8. The minimum Gasteiger partial charge on any atom is -0.341 e. The first-order chi connectivity index (χ1) is 9.08. The number of carbonyl (C=O) groups excluding carboxylic acids is 1. The lowest BCUT2D eigenvalue weighted by atomic mass is 9.93. The number of amides is 1. The minimum atomic E-state index is -0.280. The molecule has 1 aromatic carbocycles. The van der Waals surface area contributed by atoms with E-state index in [0.29, 0.717) is 6.42 Å². The Bertz CT molecular complexity index is 434. The molecule has 0 bridgehead atoms. The molecule has 4 heteroatoms. The van der Waals surface area contributed by atoms with Crippen LogP contribution in [0.15, 0.2) is 24.3 Å². The fraction of sp³-hybridized carbons (Fsp3) is 0.533. The van der Waals surface area contributed by atoms with Gasteiger partial charge in [-0.05, 0) is 30.5 Å². The van der Waals surface area contributed by atoms with Gasteiger partial charge in [-0.15, -0.1) is 11.6 Å². The molecule has 2 nitrogen and oxygen atoms in total. The third-order valence-corrected chi connectivity index (χ3v) is 4.32. The van der Waals surface area contributed by atoms with Gasteiger partial charge in [0.1, 0.15) is 5.82 Å². The van der Waals surface area contributed by atoms with Crippen LogP contribution < -0.4 is 0 Å². The van der Waals surface area contributed by atoms with E-state index in [4.69, 9.17) is 11.6 Å². The van der Waals surface area contributed by atoms with Crippen molar-refractivity contribution in [3.8, 4) is 0 Å². The Kier molecular flexibility index (Phi) is 4.81. The molecule has 1 aliphatic carbocycles. The predicted octanol–water partition coefficient (Wildman–Crippen LogP) is 3.38. The standard InChI is InChI=1S/C15H19ClFNO/c1-18(14-5-3-2-4-13(14)16)15(19)10-11-6-8-12(17)9-7-11/h6-9,13-14H,2-5,10H2,1H3. The smallest absolute Gasteiger partial charge is 0.227 e. The summed E-state index contributed by atoms with van der Waals surface area (Å²) >= 11 is 6.30. The number of benzene rings is 1. The molecule has 104 valence electrons. The highest BCUT2D eigenvalue weighted by atomic mass is 35.5. The number of alkyl halides is 1. The van der Waals surface area contributed by atoms with Gasteiger partial charge in [0, 0.05) is 13.1 Å². The maximum Gasteiger partial charge on any atom is 0.227 e. The molecule has 2 rings (SSSR count). The Morgan fingerprint density at radius 2 is 1.95 bits per heavy atom. The van der Waals surface area contributed by atoms with Crippen molar-refractivity contribution in [1.29, 1.82) is 0 Å². The van der Waals surface area contributed by atoms with Crippen molar-refractivity contribution in [2.45, 2.75) is 43.5 Å². The van der Waals surface area contributed by atoms with Crippen molar-refractivity contribution in [3.05, 3.63) is 35.6 Å². The lowest BCUT2D eigenvalue weighted by Gasteiger charge is -2.35. The lowest BCUT2D eigenvalue weighted by molar-refractivity contribution is -0.131. The molecule has 1 amide bonds.